The molecule has 0 spiro atoms. The van der Waals surface area contributed by atoms with Gasteiger partial charge in [0.05, 0.1) is 6.61 Å². The van der Waals surface area contributed by atoms with Crippen LogP contribution in [0.4, 0.5) is 13.2 Å². The van der Waals surface area contributed by atoms with Crippen LogP contribution in [0, 0.1) is 5.92 Å². The minimum Gasteiger partial charge on any atom is -0.493 e. The highest BCUT2D eigenvalue weighted by Gasteiger charge is 2.39. The third-order valence-corrected chi connectivity index (χ3v) is 2.33. The minimum absolute atomic E-state index is 0.248. The Hall–Kier alpha value is -1.27. The largest absolute Gasteiger partial charge is 0.493 e. The highest BCUT2D eigenvalue weighted by molar-refractivity contribution is 5.32. The number of alkyl halides is 3. The van der Waals surface area contributed by atoms with Gasteiger partial charge in [-0.05, 0) is 6.07 Å². The van der Waals surface area contributed by atoms with Gasteiger partial charge in [-0.25, -0.2) is 0 Å². The second-order valence-corrected chi connectivity index (χ2v) is 3.55. The van der Waals surface area contributed by atoms with E-state index < -0.39 is 25.2 Å². The van der Waals surface area contributed by atoms with Crippen LogP contribution in [0.1, 0.15) is 5.56 Å². The Morgan fingerprint density at radius 3 is 2.47 bits per heavy atom. The lowest BCUT2D eigenvalue weighted by Gasteiger charge is -2.19. The van der Waals surface area contributed by atoms with Crippen LogP contribution in [0.5, 0.6) is 5.75 Å². The van der Waals surface area contributed by atoms with Gasteiger partial charge in [-0.15, -0.1) is 0 Å². The number of para-hydroxylation sites is 1. The Kier molecular flexibility index (Phi) is 4.77. The molecule has 0 fully saturated rings. The van der Waals surface area contributed by atoms with Gasteiger partial charge in [0.25, 0.3) is 0 Å². The molecule has 1 rings (SSSR count). The summed E-state index contributed by atoms with van der Waals surface area (Å²) in [5.74, 6) is -1.45. The molecule has 96 valence electrons. The first-order valence-electron chi connectivity index (χ1n) is 5.07. The van der Waals surface area contributed by atoms with Gasteiger partial charge in [-0.2, -0.15) is 13.2 Å². The zero-order chi connectivity index (χ0) is 12.9. The monoisotopic (exact) mass is 249 g/mol. The minimum atomic E-state index is -4.37. The summed E-state index contributed by atoms with van der Waals surface area (Å²) in [4.78, 5) is 0. The average molecular weight is 249 g/mol. The van der Waals surface area contributed by atoms with Crippen LogP contribution in [0.2, 0.25) is 0 Å². The van der Waals surface area contributed by atoms with Crippen LogP contribution in [-0.2, 0) is 6.61 Å². The predicted octanol–water partition coefficient (Wildman–Crippen LogP) is 1.69. The van der Waals surface area contributed by atoms with Crippen molar-refractivity contribution in [3.8, 4) is 5.75 Å². The Morgan fingerprint density at radius 2 is 1.94 bits per heavy atom. The van der Waals surface area contributed by atoms with E-state index in [1.54, 1.807) is 18.2 Å². The van der Waals surface area contributed by atoms with Gasteiger partial charge >= 0.3 is 6.18 Å². The van der Waals surface area contributed by atoms with Gasteiger partial charge in [0.1, 0.15) is 18.3 Å². The molecule has 1 unspecified atom stereocenters. The number of hydrogen-bond donors (Lipinski definition) is 2. The first-order chi connectivity index (χ1) is 7.99. The highest BCUT2D eigenvalue weighted by Crippen LogP contribution is 2.27. The van der Waals surface area contributed by atoms with Crippen LogP contribution in [0.25, 0.3) is 0 Å². The number of ether oxygens (including phenoxy) is 1. The highest BCUT2D eigenvalue weighted by atomic mass is 19.4. The van der Waals surface area contributed by atoms with E-state index in [2.05, 4.69) is 0 Å². The van der Waals surface area contributed by atoms with Gasteiger partial charge in [-0.3, -0.25) is 0 Å². The van der Waals surface area contributed by atoms with E-state index in [1.807, 2.05) is 0 Å². The summed E-state index contributed by atoms with van der Waals surface area (Å²) in [7, 11) is 0. The lowest BCUT2D eigenvalue weighted by atomic mass is 10.1. The number of aliphatic hydroxyl groups excluding tert-OH is 1. The van der Waals surface area contributed by atoms with Crippen molar-refractivity contribution in [2.45, 2.75) is 12.8 Å². The van der Waals surface area contributed by atoms with Crippen molar-refractivity contribution in [2.24, 2.45) is 11.7 Å². The van der Waals surface area contributed by atoms with Gasteiger partial charge in [0.2, 0.25) is 0 Å². The fraction of sp³-hybridized carbons (Fsp3) is 0.455. The van der Waals surface area contributed by atoms with Crippen molar-refractivity contribution in [2.75, 3.05) is 13.2 Å². The summed E-state index contributed by atoms with van der Waals surface area (Å²) >= 11 is 0. The first-order valence-corrected chi connectivity index (χ1v) is 5.07. The topological polar surface area (TPSA) is 55.5 Å². The van der Waals surface area contributed by atoms with Gasteiger partial charge < -0.3 is 15.6 Å². The molecule has 0 aliphatic heterocycles. The summed E-state index contributed by atoms with van der Waals surface area (Å²) in [6.07, 6.45) is -4.37. The van der Waals surface area contributed by atoms with Crippen LogP contribution in [-0.4, -0.2) is 24.4 Å². The van der Waals surface area contributed by atoms with Gasteiger partial charge in [0.15, 0.2) is 0 Å². The Labute approximate surface area is 97.0 Å². The number of benzene rings is 1. The molecule has 0 aliphatic carbocycles. The number of rotatable bonds is 5. The molecule has 0 amide bonds. The van der Waals surface area contributed by atoms with E-state index in [0.29, 0.717) is 5.56 Å². The number of hydrogen-bond acceptors (Lipinski definition) is 3. The fourth-order valence-electron chi connectivity index (χ4n) is 1.26. The van der Waals surface area contributed by atoms with Gasteiger partial charge in [0, 0.05) is 12.1 Å². The molecule has 17 heavy (non-hydrogen) atoms. The lowest BCUT2D eigenvalue weighted by molar-refractivity contribution is -0.178. The van der Waals surface area contributed by atoms with Crippen LogP contribution in [0.3, 0.4) is 0 Å². The van der Waals surface area contributed by atoms with Crippen LogP contribution >= 0.6 is 0 Å². The third-order valence-electron chi connectivity index (χ3n) is 2.33. The maximum absolute atomic E-state index is 12.4. The standard InChI is InChI=1S/C11H14F3NO2/c12-11(13,14)9(5-15)7-17-10-4-2-1-3-8(10)6-16/h1-4,9,16H,5-7,15H2. The average Bonchev–Trinajstić information content (AvgIpc) is 2.28. The summed E-state index contributed by atoms with van der Waals surface area (Å²) in [6.45, 7) is -1.35. The molecule has 0 saturated heterocycles. The second-order valence-electron chi connectivity index (χ2n) is 3.55. The number of aliphatic hydroxyl groups is 1. The first kappa shape index (κ1) is 13.8. The van der Waals surface area contributed by atoms with Gasteiger partial charge in [-0.1, -0.05) is 18.2 Å². The Bertz CT molecular complexity index is 355. The molecular weight excluding hydrogens is 235 g/mol. The van der Waals surface area contributed by atoms with Crippen molar-refractivity contribution in [1.29, 1.82) is 0 Å². The van der Waals surface area contributed by atoms with Crippen molar-refractivity contribution >= 4 is 0 Å². The molecule has 1 aromatic rings. The molecule has 3 nitrogen and oxygen atoms in total. The molecular formula is C11H14F3NO2. The normalized spacial score (nSPS) is 13.5. The molecule has 0 radical (unpaired) electrons. The molecule has 0 aromatic heterocycles. The summed E-state index contributed by atoms with van der Waals surface area (Å²) in [5, 5.41) is 8.97. The van der Waals surface area contributed by atoms with Crippen molar-refractivity contribution in [3.63, 3.8) is 0 Å². The summed E-state index contributed by atoms with van der Waals surface area (Å²) < 4.78 is 42.2. The van der Waals surface area contributed by atoms with E-state index in [-0.39, 0.29) is 12.4 Å². The van der Waals surface area contributed by atoms with E-state index >= 15 is 0 Å². The zero-order valence-corrected chi connectivity index (χ0v) is 9.07. The molecule has 1 aromatic carbocycles. The lowest BCUT2D eigenvalue weighted by Crippen LogP contribution is -2.35. The smallest absolute Gasteiger partial charge is 0.396 e. The molecule has 0 saturated carbocycles. The molecule has 0 bridgehead atoms. The maximum Gasteiger partial charge on any atom is 0.396 e. The second kappa shape index (κ2) is 5.88. The van der Waals surface area contributed by atoms with E-state index in [1.165, 1.54) is 6.07 Å². The van der Waals surface area contributed by atoms with E-state index in [4.69, 9.17) is 15.6 Å². The van der Waals surface area contributed by atoms with Crippen molar-refractivity contribution in [1.82, 2.24) is 0 Å². The number of nitrogens with two attached hydrogens (primary N) is 1. The quantitative estimate of drug-likeness (QED) is 0.835. The molecule has 0 heterocycles. The molecule has 0 aliphatic rings. The van der Waals surface area contributed by atoms with Crippen LogP contribution in [0.15, 0.2) is 24.3 Å². The van der Waals surface area contributed by atoms with Crippen molar-refractivity contribution < 1.29 is 23.0 Å². The Morgan fingerprint density at radius 1 is 1.29 bits per heavy atom. The Balaban J connectivity index is 2.66. The molecule has 1 atom stereocenters. The van der Waals surface area contributed by atoms with E-state index in [9.17, 15) is 13.2 Å². The maximum atomic E-state index is 12.4. The zero-order valence-electron chi connectivity index (χ0n) is 9.07. The fourth-order valence-corrected chi connectivity index (χ4v) is 1.26. The number of halogens is 3. The molecule has 6 heteroatoms. The van der Waals surface area contributed by atoms with Crippen molar-refractivity contribution in [3.05, 3.63) is 29.8 Å². The summed E-state index contributed by atoms with van der Waals surface area (Å²) in [6, 6.07) is 6.39. The third kappa shape index (κ3) is 3.90. The van der Waals surface area contributed by atoms with E-state index in [0.717, 1.165) is 0 Å². The molecule has 3 N–H and O–H groups in total. The summed E-state index contributed by atoms with van der Waals surface area (Å²) in [5.41, 5.74) is 5.49. The predicted molar refractivity (Wildman–Crippen MR) is 56.5 cm³/mol. The SMILES string of the molecule is NCC(COc1ccccc1CO)C(F)(F)F. The van der Waals surface area contributed by atoms with Crippen LogP contribution < -0.4 is 10.5 Å².